The van der Waals surface area contributed by atoms with Crippen molar-refractivity contribution in [1.29, 1.82) is 0 Å². The molecular formula is C16H14ClNO2S. The number of fused-ring (bicyclic) bond motifs is 1. The predicted octanol–water partition coefficient (Wildman–Crippen LogP) is 3.19. The van der Waals surface area contributed by atoms with E-state index in [0.717, 1.165) is 16.0 Å². The molecular weight excluding hydrogens is 306 g/mol. The van der Waals surface area contributed by atoms with Gasteiger partial charge < -0.3 is 10.4 Å². The average Bonchev–Trinajstić information content (AvgIpc) is 3.01. The van der Waals surface area contributed by atoms with E-state index in [1.165, 1.54) is 17.4 Å². The zero-order valence-electron chi connectivity index (χ0n) is 11.1. The lowest BCUT2D eigenvalue weighted by Gasteiger charge is -2.16. The highest BCUT2D eigenvalue weighted by Crippen LogP contribution is 2.31. The number of amides is 1. The number of halogens is 1. The van der Waals surface area contributed by atoms with Crippen molar-refractivity contribution in [1.82, 2.24) is 5.32 Å². The minimum Gasteiger partial charge on any atom is -0.390 e. The van der Waals surface area contributed by atoms with E-state index in [1.54, 1.807) is 12.1 Å². The molecule has 1 amide bonds. The fourth-order valence-corrected chi connectivity index (χ4v) is 3.49. The Labute approximate surface area is 131 Å². The molecule has 0 spiro atoms. The Morgan fingerprint density at radius 3 is 2.90 bits per heavy atom. The first kappa shape index (κ1) is 14.3. The predicted molar refractivity (Wildman–Crippen MR) is 85.4 cm³/mol. The van der Waals surface area contributed by atoms with Gasteiger partial charge in [-0.25, -0.2) is 0 Å². The summed E-state index contributed by atoms with van der Waals surface area (Å²) in [6, 6.07) is 11.1. The Morgan fingerprint density at radius 1 is 1.33 bits per heavy atom. The van der Waals surface area contributed by atoms with Crippen molar-refractivity contribution in [3.63, 3.8) is 0 Å². The van der Waals surface area contributed by atoms with Gasteiger partial charge in [0, 0.05) is 17.4 Å². The summed E-state index contributed by atoms with van der Waals surface area (Å²) in [7, 11) is 0. The lowest BCUT2D eigenvalue weighted by atomic mass is 10.1. The first-order chi connectivity index (χ1) is 10.1. The van der Waals surface area contributed by atoms with Crippen molar-refractivity contribution in [2.75, 3.05) is 0 Å². The molecule has 108 valence electrons. The zero-order chi connectivity index (χ0) is 14.8. The molecule has 1 heterocycles. The van der Waals surface area contributed by atoms with E-state index >= 15 is 0 Å². The fraction of sp³-hybridized carbons (Fsp3) is 0.188. The third-order valence-corrected chi connectivity index (χ3v) is 4.69. The summed E-state index contributed by atoms with van der Waals surface area (Å²) in [5.41, 5.74) is 2.08. The summed E-state index contributed by atoms with van der Waals surface area (Å²) in [6.45, 7) is 0. The van der Waals surface area contributed by atoms with Crippen LogP contribution in [0.25, 0.3) is 6.08 Å². The second-order valence-electron chi connectivity index (χ2n) is 4.93. The van der Waals surface area contributed by atoms with Gasteiger partial charge in [-0.3, -0.25) is 4.79 Å². The normalized spacial score (nSPS) is 20.7. The summed E-state index contributed by atoms with van der Waals surface area (Å²) in [6.07, 6.45) is 3.19. The largest absolute Gasteiger partial charge is 0.390 e. The smallest absolute Gasteiger partial charge is 0.244 e. The van der Waals surface area contributed by atoms with Crippen LogP contribution >= 0.6 is 22.9 Å². The Balaban J connectivity index is 1.69. The number of aliphatic hydroxyl groups excluding tert-OH is 1. The Morgan fingerprint density at radius 2 is 2.14 bits per heavy atom. The molecule has 3 rings (SSSR count). The standard InChI is InChI=1S/C16H14ClNO2S/c17-14-7-5-11(21-14)6-8-15(20)18-16-12-4-2-1-3-10(12)9-13(16)19/h1-8,13,16,19H,9H2,(H,18,20). The molecule has 2 unspecified atom stereocenters. The molecule has 1 aliphatic carbocycles. The maximum Gasteiger partial charge on any atom is 0.244 e. The van der Waals surface area contributed by atoms with Crippen molar-refractivity contribution >= 4 is 34.9 Å². The minimum atomic E-state index is -0.573. The van der Waals surface area contributed by atoms with Crippen molar-refractivity contribution in [3.05, 3.63) is 62.8 Å². The highest BCUT2D eigenvalue weighted by Gasteiger charge is 2.31. The Kier molecular flexibility index (Phi) is 4.10. The van der Waals surface area contributed by atoms with Gasteiger partial charge in [0.25, 0.3) is 0 Å². The number of hydrogen-bond acceptors (Lipinski definition) is 3. The van der Waals surface area contributed by atoms with Gasteiger partial charge in [0.15, 0.2) is 0 Å². The van der Waals surface area contributed by atoms with E-state index < -0.39 is 6.10 Å². The van der Waals surface area contributed by atoms with Crippen molar-refractivity contribution < 1.29 is 9.90 Å². The average molecular weight is 320 g/mol. The van der Waals surface area contributed by atoms with Crippen molar-refractivity contribution in [3.8, 4) is 0 Å². The van der Waals surface area contributed by atoms with E-state index in [-0.39, 0.29) is 11.9 Å². The summed E-state index contributed by atoms with van der Waals surface area (Å²) in [4.78, 5) is 12.9. The molecule has 1 aliphatic rings. The van der Waals surface area contributed by atoms with E-state index in [9.17, 15) is 9.90 Å². The molecule has 1 aromatic carbocycles. The van der Waals surface area contributed by atoms with Crippen LogP contribution in [0, 0.1) is 0 Å². The molecule has 2 N–H and O–H groups in total. The third-order valence-electron chi connectivity index (χ3n) is 3.49. The lowest BCUT2D eigenvalue weighted by Crippen LogP contribution is -2.32. The molecule has 2 aromatic rings. The molecule has 0 saturated heterocycles. The van der Waals surface area contributed by atoms with Crippen LogP contribution in [-0.2, 0) is 11.2 Å². The van der Waals surface area contributed by atoms with Gasteiger partial charge in [-0.15, -0.1) is 11.3 Å². The summed E-state index contributed by atoms with van der Waals surface area (Å²) in [5.74, 6) is -0.222. The quantitative estimate of drug-likeness (QED) is 0.854. The van der Waals surface area contributed by atoms with Gasteiger partial charge >= 0.3 is 0 Å². The number of carbonyl (C=O) groups excluding carboxylic acids is 1. The Bertz CT molecular complexity index is 695. The maximum absolute atomic E-state index is 12.0. The van der Waals surface area contributed by atoms with Crippen molar-refractivity contribution in [2.24, 2.45) is 0 Å². The van der Waals surface area contributed by atoms with Crippen molar-refractivity contribution in [2.45, 2.75) is 18.6 Å². The van der Waals surface area contributed by atoms with Crippen LogP contribution in [0.3, 0.4) is 0 Å². The number of benzene rings is 1. The van der Waals surface area contributed by atoms with E-state index in [4.69, 9.17) is 11.6 Å². The first-order valence-corrected chi connectivity index (χ1v) is 7.83. The molecule has 1 aromatic heterocycles. The SMILES string of the molecule is O=C(C=Cc1ccc(Cl)s1)NC1c2ccccc2CC1O. The van der Waals surface area contributed by atoms with Crippen LogP contribution in [0.4, 0.5) is 0 Å². The van der Waals surface area contributed by atoms with Gasteiger partial charge in [-0.2, -0.15) is 0 Å². The number of carbonyl (C=O) groups is 1. The second-order valence-corrected chi connectivity index (χ2v) is 6.68. The van der Waals surface area contributed by atoms with Crippen LogP contribution in [0.1, 0.15) is 22.0 Å². The summed E-state index contributed by atoms with van der Waals surface area (Å²) in [5, 5.41) is 13.0. The van der Waals surface area contributed by atoms with Gasteiger partial charge in [0.1, 0.15) is 0 Å². The van der Waals surface area contributed by atoms with Gasteiger partial charge in [0.2, 0.25) is 5.91 Å². The highest BCUT2D eigenvalue weighted by molar-refractivity contribution is 7.17. The molecule has 21 heavy (non-hydrogen) atoms. The molecule has 3 nitrogen and oxygen atoms in total. The van der Waals surface area contributed by atoms with Gasteiger partial charge in [-0.05, 0) is 29.3 Å². The monoisotopic (exact) mass is 319 g/mol. The molecule has 0 radical (unpaired) electrons. The van der Waals surface area contributed by atoms with Crippen LogP contribution < -0.4 is 5.32 Å². The summed E-state index contributed by atoms with van der Waals surface area (Å²) >= 11 is 7.25. The van der Waals surface area contributed by atoms with E-state index in [2.05, 4.69) is 5.32 Å². The number of rotatable bonds is 3. The number of nitrogens with one attached hydrogen (secondary N) is 1. The van der Waals surface area contributed by atoms with Crippen LogP contribution in [0.15, 0.2) is 42.5 Å². The topological polar surface area (TPSA) is 49.3 Å². The van der Waals surface area contributed by atoms with E-state index in [1.807, 2.05) is 30.3 Å². The molecule has 0 saturated carbocycles. The second kappa shape index (κ2) is 6.02. The van der Waals surface area contributed by atoms with Gasteiger partial charge in [0.05, 0.1) is 16.5 Å². The first-order valence-electron chi connectivity index (χ1n) is 6.63. The number of hydrogen-bond donors (Lipinski definition) is 2. The van der Waals surface area contributed by atoms with Crippen LogP contribution in [-0.4, -0.2) is 17.1 Å². The van der Waals surface area contributed by atoms with Gasteiger partial charge in [-0.1, -0.05) is 35.9 Å². The minimum absolute atomic E-state index is 0.222. The number of thiophene rings is 1. The molecule has 2 atom stereocenters. The Hall–Kier alpha value is -1.62. The van der Waals surface area contributed by atoms with Crippen LogP contribution in [0.5, 0.6) is 0 Å². The van der Waals surface area contributed by atoms with E-state index in [0.29, 0.717) is 10.8 Å². The third kappa shape index (κ3) is 3.18. The fourth-order valence-electron chi connectivity index (χ4n) is 2.52. The van der Waals surface area contributed by atoms with Crippen LogP contribution in [0.2, 0.25) is 4.34 Å². The highest BCUT2D eigenvalue weighted by atomic mass is 35.5. The molecule has 5 heteroatoms. The zero-order valence-corrected chi connectivity index (χ0v) is 12.7. The molecule has 0 aliphatic heterocycles. The molecule has 0 fully saturated rings. The summed E-state index contributed by atoms with van der Waals surface area (Å²) < 4.78 is 0.690. The maximum atomic E-state index is 12.0. The lowest BCUT2D eigenvalue weighted by molar-refractivity contribution is -0.117. The number of aliphatic hydroxyl groups is 1. The molecule has 0 bridgehead atoms.